The first-order valence-corrected chi connectivity index (χ1v) is 5.63. The van der Waals surface area contributed by atoms with Crippen LogP contribution in [0.25, 0.3) is 0 Å². The van der Waals surface area contributed by atoms with Gasteiger partial charge in [-0.1, -0.05) is 6.07 Å². The Bertz CT molecular complexity index is 276. The van der Waals surface area contributed by atoms with Crippen molar-refractivity contribution in [2.24, 2.45) is 0 Å². The van der Waals surface area contributed by atoms with E-state index >= 15 is 0 Å². The van der Waals surface area contributed by atoms with Gasteiger partial charge in [-0.25, -0.2) is 0 Å². The molecule has 13 heavy (non-hydrogen) atoms. The molecule has 0 aromatic heterocycles. The molecule has 0 saturated heterocycles. The normalized spacial score (nSPS) is 10.1. The highest BCUT2D eigenvalue weighted by Crippen LogP contribution is 2.29. The molecular formula is C10H13ClOS. The number of hydrogen-bond donors (Lipinski definition) is 0. The van der Waals surface area contributed by atoms with E-state index in [2.05, 4.69) is 13.0 Å². The van der Waals surface area contributed by atoms with Crippen LogP contribution in [0.5, 0.6) is 5.75 Å². The molecule has 1 aromatic rings. The van der Waals surface area contributed by atoms with Gasteiger partial charge in [0.2, 0.25) is 0 Å². The summed E-state index contributed by atoms with van der Waals surface area (Å²) in [5.74, 6) is 2.52. The fraction of sp³-hybridized carbons (Fsp3) is 0.400. The minimum Gasteiger partial charge on any atom is -0.496 e. The van der Waals surface area contributed by atoms with Gasteiger partial charge in [-0.2, -0.15) is 0 Å². The predicted octanol–water partition coefficient (Wildman–Crippen LogP) is 3.33. The Balaban J connectivity index is 2.81. The van der Waals surface area contributed by atoms with Gasteiger partial charge in [0.25, 0.3) is 0 Å². The van der Waals surface area contributed by atoms with E-state index < -0.39 is 0 Å². The summed E-state index contributed by atoms with van der Waals surface area (Å²) in [7, 11) is 1.69. The number of ether oxygens (including phenoxy) is 1. The van der Waals surface area contributed by atoms with Crippen LogP contribution < -0.4 is 4.74 Å². The standard InChI is InChI=1S/C10H13ClOS/c1-8-3-4-9(12-2)10(7-8)13-6-5-11/h3-4,7H,5-6H2,1-2H3. The van der Waals surface area contributed by atoms with E-state index in [1.165, 1.54) is 10.5 Å². The van der Waals surface area contributed by atoms with E-state index in [-0.39, 0.29) is 0 Å². The molecular weight excluding hydrogens is 204 g/mol. The maximum Gasteiger partial charge on any atom is 0.132 e. The Labute approximate surface area is 88.4 Å². The van der Waals surface area contributed by atoms with E-state index in [0.29, 0.717) is 5.88 Å². The minimum atomic E-state index is 0.668. The predicted molar refractivity (Wildman–Crippen MR) is 59.2 cm³/mol. The molecule has 0 unspecified atom stereocenters. The zero-order valence-electron chi connectivity index (χ0n) is 7.84. The highest BCUT2D eigenvalue weighted by Gasteiger charge is 2.02. The molecule has 0 fully saturated rings. The topological polar surface area (TPSA) is 9.23 Å². The van der Waals surface area contributed by atoms with Crippen molar-refractivity contribution >= 4 is 23.4 Å². The Morgan fingerprint density at radius 3 is 2.85 bits per heavy atom. The zero-order valence-corrected chi connectivity index (χ0v) is 9.41. The van der Waals surface area contributed by atoms with Gasteiger partial charge in [-0.15, -0.1) is 23.4 Å². The molecule has 0 amide bonds. The van der Waals surface area contributed by atoms with Crippen molar-refractivity contribution < 1.29 is 4.74 Å². The number of benzene rings is 1. The largest absolute Gasteiger partial charge is 0.496 e. The number of methoxy groups -OCH3 is 1. The number of alkyl halides is 1. The molecule has 0 heterocycles. The van der Waals surface area contributed by atoms with Crippen molar-refractivity contribution in [3.8, 4) is 5.75 Å². The lowest BCUT2D eigenvalue weighted by Crippen LogP contribution is -1.88. The van der Waals surface area contributed by atoms with Crippen molar-refractivity contribution in [1.82, 2.24) is 0 Å². The van der Waals surface area contributed by atoms with Gasteiger partial charge in [0, 0.05) is 16.5 Å². The molecule has 0 atom stereocenters. The van der Waals surface area contributed by atoms with Gasteiger partial charge in [-0.05, 0) is 24.6 Å². The summed E-state index contributed by atoms with van der Waals surface area (Å²) in [6.07, 6.45) is 0. The van der Waals surface area contributed by atoms with Crippen LogP contribution in [0.15, 0.2) is 23.1 Å². The Hall–Kier alpha value is -0.340. The van der Waals surface area contributed by atoms with Gasteiger partial charge >= 0.3 is 0 Å². The molecule has 3 heteroatoms. The lowest BCUT2D eigenvalue weighted by atomic mass is 10.2. The third-order valence-electron chi connectivity index (χ3n) is 1.65. The summed E-state index contributed by atoms with van der Waals surface area (Å²) in [6, 6.07) is 6.16. The molecule has 0 aliphatic heterocycles. The van der Waals surface area contributed by atoms with Crippen molar-refractivity contribution in [2.75, 3.05) is 18.7 Å². The van der Waals surface area contributed by atoms with Gasteiger partial charge < -0.3 is 4.74 Å². The first-order chi connectivity index (χ1) is 6.27. The molecule has 0 N–H and O–H groups in total. The van der Waals surface area contributed by atoms with Crippen LogP contribution in [-0.2, 0) is 0 Å². The fourth-order valence-corrected chi connectivity index (χ4v) is 2.14. The fourth-order valence-electron chi connectivity index (χ4n) is 1.05. The van der Waals surface area contributed by atoms with Crippen LogP contribution >= 0.6 is 23.4 Å². The second-order valence-electron chi connectivity index (χ2n) is 2.69. The zero-order chi connectivity index (χ0) is 9.68. The summed E-state index contributed by atoms with van der Waals surface area (Å²) < 4.78 is 5.23. The molecule has 0 aliphatic rings. The van der Waals surface area contributed by atoms with Crippen LogP contribution in [-0.4, -0.2) is 18.7 Å². The maximum atomic E-state index is 5.63. The number of thioether (sulfide) groups is 1. The number of hydrogen-bond acceptors (Lipinski definition) is 2. The summed E-state index contributed by atoms with van der Waals surface area (Å²) in [4.78, 5) is 1.17. The SMILES string of the molecule is COc1ccc(C)cc1SCCCl. The first-order valence-electron chi connectivity index (χ1n) is 4.11. The van der Waals surface area contributed by atoms with Gasteiger partial charge in [0.1, 0.15) is 5.75 Å². The van der Waals surface area contributed by atoms with Gasteiger partial charge in [0.15, 0.2) is 0 Å². The van der Waals surface area contributed by atoms with E-state index in [1.807, 2.05) is 12.1 Å². The minimum absolute atomic E-state index is 0.668. The van der Waals surface area contributed by atoms with Crippen molar-refractivity contribution in [2.45, 2.75) is 11.8 Å². The molecule has 1 aromatic carbocycles. The van der Waals surface area contributed by atoms with Crippen molar-refractivity contribution in [1.29, 1.82) is 0 Å². The average molecular weight is 217 g/mol. The van der Waals surface area contributed by atoms with Gasteiger partial charge in [0.05, 0.1) is 7.11 Å². The van der Waals surface area contributed by atoms with Crippen LogP contribution in [0.4, 0.5) is 0 Å². The van der Waals surface area contributed by atoms with Crippen LogP contribution in [0.2, 0.25) is 0 Å². The molecule has 72 valence electrons. The first kappa shape index (κ1) is 10.7. The molecule has 1 rings (SSSR count). The second-order valence-corrected chi connectivity index (χ2v) is 4.21. The molecule has 0 spiro atoms. The molecule has 0 saturated carbocycles. The number of halogens is 1. The Morgan fingerprint density at radius 2 is 2.23 bits per heavy atom. The third kappa shape index (κ3) is 3.12. The summed E-state index contributed by atoms with van der Waals surface area (Å²) in [6.45, 7) is 2.07. The number of aryl methyl sites for hydroxylation is 1. The van der Waals surface area contributed by atoms with E-state index in [1.54, 1.807) is 18.9 Å². The van der Waals surface area contributed by atoms with Crippen LogP contribution in [0.3, 0.4) is 0 Å². The molecule has 0 radical (unpaired) electrons. The highest BCUT2D eigenvalue weighted by atomic mass is 35.5. The van der Waals surface area contributed by atoms with E-state index in [4.69, 9.17) is 16.3 Å². The molecule has 0 aliphatic carbocycles. The lowest BCUT2D eigenvalue weighted by Gasteiger charge is -2.07. The van der Waals surface area contributed by atoms with Gasteiger partial charge in [-0.3, -0.25) is 0 Å². The molecule has 1 nitrogen and oxygen atoms in total. The van der Waals surface area contributed by atoms with Crippen molar-refractivity contribution in [3.05, 3.63) is 23.8 Å². The summed E-state index contributed by atoms with van der Waals surface area (Å²) >= 11 is 7.35. The summed E-state index contributed by atoms with van der Waals surface area (Å²) in [5.41, 5.74) is 1.25. The van der Waals surface area contributed by atoms with E-state index in [0.717, 1.165) is 11.5 Å². The third-order valence-corrected chi connectivity index (χ3v) is 3.11. The number of rotatable bonds is 4. The summed E-state index contributed by atoms with van der Waals surface area (Å²) in [5, 5.41) is 0. The lowest BCUT2D eigenvalue weighted by molar-refractivity contribution is 0.404. The highest BCUT2D eigenvalue weighted by molar-refractivity contribution is 7.99. The monoisotopic (exact) mass is 216 g/mol. The maximum absolute atomic E-state index is 5.63. The Kier molecular flexibility index (Phi) is 4.46. The average Bonchev–Trinajstić information content (AvgIpc) is 2.15. The van der Waals surface area contributed by atoms with E-state index in [9.17, 15) is 0 Å². The second kappa shape index (κ2) is 5.40. The van der Waals surface area contributed by atoms with Crippen LogP contribution in [0, 0.1) is 6.92 Å². The molecule has 0 bridgehead atoms. The Morgan fingerprint density at radius 1 is 1.46 bits per heavy atom. The van der Waals surface area contributed by atoms with Crippen molar-refractivity contribution in [3.63, 3.8) is 0 Å². The quantitative estimate of drug-likeness (QED) is 0.564. The smallest absolute Gasteiger partial charge is 0.132 e. The van der Waals surface area contributed by atoms with Crippen LogP contribution in [0.1, 0.15) is 5.56 Å².